The predicted octanol–water partition coefficient (Wildman–Crippen LogP) is 0.0787. The van der Waals surface area contributed by atoms with Gasteiger partial charge >= 0.3 is 17.9 Å². The van der Waals surface area contributed by atoms with Crippen LogP contribution >= 0.6 is 0 Å². The van der Waals surface area contributed by atoms with Gasteiger partial charge in [0.25, 0.3) is 17.7 Å². The Kier molecular flexibility index (Phi) is 6.68. The molecule has 0 saturated heterocycles. The zero-order valence-electron chi connectivity index (χ0n) is 22.9. The molecule has 0 aromatic carbocycles. The molecule has 0 spiro atoms. The van der Waals surface area contributed by atoms with Crippen molar-refractivity contribution >= 4 is 35.6 Å². The van der Waals surface area contributed by atoms with Gasteiger partial charge in [0, 0.05) is 0 Å². The molecule has 0 fully saturated rings. The fraction of sp³-hybridized carbons (Fsp3) is 0.375. The van der Waals surface area contributed by atoms with Crippen LogP contribution in [0, 0.1) is 20.8 Å². The molecule has 3 amide bonds. The van der Waals surface area contributed by atoms with Crippen molar-refractivity contribution in [1.82, 2.24) is 30.9 Å². The van der Waals surface area contributed by atoms with Gasteiger partial charge in [-0.25, -0.2) is 29.3 Å². The van der Waals surface area contributed by atoms with Gasteiger partial charge in [0.1, 0.15) is 17.3 Å². The minimum absolute atomic E-state index is 0.240. The fourth-order valence-electron chi connectivity index (χ4n) is 3.92. The van der Waals surface area contributed by atoms with Crippen LogP contribution in [0.15, 0.2) is 13.3 Å². The molecule has 222 valence electrons. The average molecular weight is 588 g/mol. The summed E-state index contributed by atoms with van der Waals surface area (Å²) in [6, 6.07) is 0. The predicted molar refractivity (Wildman–Crippen MR) is 131 cm³/mol. The number of hydrogen-bond acceptors (Lipinski definition) is 12. The minimum Gasteiger partial charge on any atom is -0.479 e. The average Bonchev–Trinajstić information content (AvgIpc) is 3.59. The molecule has 42 heavy (non-hydrogen) atoms. The molecule has 3 atom stereocenters. The Morgan fingerprint density at radius 3 is 0.952 bits per heavy atom. The first-order valence-electron chi connectivity index (χ1n) is 12.0. The fourth-order valence-corrected chi connectivity index (χ4v) is 3.92. The Morgan fingerprint density at radius 1 is 0.548 bits per heavy atom. The second-order valence-corrected chi connectivity index (χ2v) is 9.92. The molecule has 0 saturated carbocycles. The van der Waals surface area contributed by atoms with Crippen molar-refractivity contribution < 1.29 is 57.3 Å². The number of carbonyl (C=O) groups excluding carboxylic acids is 3. The number of fused-ring (bicyclic) bond motifs is 6. The van der Waals surface area contributed by atoms with Crippen molar-refractivity contribution in [3.05, 3.63) is 52.0 Å². The van der Waals surface area contributed by atoms with Crippen LogP contribution in [0.25, 0.3) is 0 Å². The van der Waals surface area contributed by atoms with E-state index in [2.05, 4.69) is 30.9 Å². The van der Waals surface area contributed by atoms with Crippen molar-refractivity contribution in [3.8, 4) is 0 Å². The molecule has 18 nitrogen and oxygen atoms in total. The van der Waals surface area contributed by atoms with Crippen molar-refractivity contribution in [2.24, 2.45) is 0 Å². The molecule has 4 rings (SSSR count). The Bertz CT molecular complexity index is 1510. The zero-order valence-corrected chi connectivity index (χ0v) is 22.9. The van der Waals surface area contributed by atoms with Gasteiger partial charge in [-0.1, -0.05) is 0 Å². The zero-order chi connectivity index (χ0) is 31.5. The van der Waals surface area contributed by atoms with Crippen LogP contribution in [0.4, 0.5) is 0 Å². The third-order valence-electron chi connectivity index (χ3n) is 6.69. The second-order valence-electron chi connectivity index (χ2n) is 9.92. The standard InChI is InChI=1S/C24H24N6O12/c1-7-10-13(31)28-23(5,20(36)37)17-26-12(9(3)41-17)15(33)30-24(6,21(38)39)18-27-11(8(2)42-18)14(32)29-22(4,19(34)35)16(25-10)40-7/h1-6H3,(H,28,31)(H,29,32)(H,30,33)(H,34,35)(H,36,37)(H,38,39)/t22-,23-,24-/m1/s1. The smallest absolute Gasteiger partial charge is 0.338 e. The van der Waals surface area contributed by atoms with E-state index in [4.69, 9.17) is 13.3 Å². The van der Waals surface area contributed by atoms with E-state index in [0.29, 0.717) is 0 Å². The van der Waals surface area contributed by atoms with Crippen LogP contribution in [0.2, 0.25) is 0 Å². The third-order valence-corrected chi connectivity index (χ3v) is 6.69. The number of rotatable bonds is 3. The molecule has 0 unspecified atom stereocenters. The molecular weight excluding hydrogens is 564 g/mol. The van der Waals surface area contributed by atoms with Gasteiger partial charge in [-0.15, -0.1) is 0 Å². The first-order chi connectivity index (χ1) is 19.3. The lowest BCUT2D eigenvalue weighted by Crippen LogP contribution is -2.51. The normalized spacial score (nSPS) is 24.6. The second kappa shape index (κ2) is 9.53. The van der Waals surface area contributed by atoms with Crippen LogP contribution in [0.1, 0.15) is 87.2 Å². The van der Waals surface area contributed by atoms with E-state index in [9.17, 15) is 44.1 Å². The quantitative estimate of drug-likeness (QED) is 0.236. The van der Waals surface area contributed by atoms with E-state index in [1.807, 2.05) is 0 Å². The lowest BCUT2D eigenvalue weighted by molar-refractivity contribution is -0.146. The molecule has 6 bridgehead atoms. The summed E-state index contributed by atoms with van der Waals surface area (Å²) in [6.45, 7) is 6.72. The number of carboxylic acid groups (broad SMARTS) is 3. The van der Waals surface area contributed by atoms with E-state index >= 15 is 0 Å². The van der Waals surface area contributed by atoms with E-state index in [-0.39, 0.29) is 17.3 Å². The van der Waals surface area contributed by atoms with Crippen LogP contribution in [-0.4, -0.2) is 65.9 Å². The molecule has 3 aromatic rings. The lowest BCUT2D eigenvalue weighted by atomic mass is 10.0. The Labute approximate surface area is 234 Å². The lowest BCUT2D eigenvalue weighted by Gasteiger charge is -2.23. The van der Waals surface area contributed by atoms with Gasteiger partial charge in [-0.3, -0.25) is 14.4 Å². The first-order valence-corrected chi connectivity index (χ1v) is 12.0. The third kappa shape index (κ3) is 4.41. The first kappa shape index (κ1) is 29.4. The Morgan fingerprint density at radius 2 is 0.762 bits per heavy atom. The van der Waals surface area contributed by atoms with E-state index in [1.54, 1.807) is 0 Å². The highest BCUT2D eigenvalue weighted by Crippen LogP contribution is 2.29. The molecular formula is C24H24N6O12. The molecule has 18 heteroatoms. The number of carboxylic acids is 3. The van der Waals surface area contributed by atoms with Gasteiger partial charge in [0.05, 0.1) is 0 Å². The summed E-state index contributed by atoms with van der Waals surface area (Å²) in [5.41, 5.74) is -8.86. The van der Waals surface area contributed by atoms with Gasteiger partial charge in [0.15, 0.2) is 17.1 Å². The van der Waals surface area contributed by atoms with Crippen molar-refractivity contribution in [2.45, 2.75) is 58.2 Å². The number of oxazole rings is 3. The summed E-state index contributed by atoms with van der Waals surface area (Å²) >= 11 is 0. The largest absolute Gasteiger partial charge is 0.479 e. The maximum Gasteiger partial charge on any atom is 0.338 e. The summed E-state index contributed by atoms with van der Waals surface area (Å²) < 4.78 is 16.3. The molecule has 4 heterocycles. The van der Waals surface area contributed by atoms with Crippen molar-refractivity contribution in [2.75, 3.05) is 0 Å². The highest BCUT2D eigenvalue weighted by atomic mass is 16.4. The summed E-state index contributed by atoms with van der Waals surface area (Å²) in [5.74, 6) is -11.2. The number of nitrogens with one attached hydrogen (secondary N) is 3. The summed E-state index contributed by atoms with van der Waals surface area (Å²) in [6.07, 6.45) is 0. The summed E-state index contributed by atoms with van der Waals surface area (Å²) in [5, 5.41) is 36.5. The number of amides is 3. The maximum absolute atomic E-state index is 13.2. The van der Waals surface area contributed by atoms with Crippen molar-refractivity contribution in [3.63, 3.8) is 0 Å². The molecule has 6 N–H and O–H groups in total. The number of carbonyl (C=O) groups is 6. The number of aryl methyl sites for hydroxylation is 3. The van der Waals surface area contributed by atoms with Crippen LogP contribution < -0.4 is 16.0 Å². The summed E-state index contributed by atoms with van der Waals surface area (Å²) in [7, 11) is 0. The topological polar surface area (TPSA) is 277 Å². The highest BCUT2D eigenvalue weighted by molar-refractivity contribution is 6.00. The van der Waals surface area contributed by atoms with Crippen molar-refractivity contribution in [1.29, 1.82) is 0 Å². The van der Waals surface area contributed by atoms with Gasteiger partial charge < -0.3 is 44.5 Å². The highest BCUT2D eigenvalue weighted by Gasteiger charge is 2.49. The molecule has 0 aliphatic carbocycles. The number of hydrogen-bond donors (Lipinski definition) is 6. The van der Waals surface area contributed by atoms with Gasteiger partial charge in [-0.2, -0.15) is 0 Å². The SMILES string of the molecule is Cc1oc2nc1C(=O)N[C@@](C)(C(=O)O)c1nc(c(C)o1)C(=O)N[C@@](C)(C(=O)O)c1nc(c(C)o1)C(=O)N[C@@]2(C)C(=O)O. The van der Waals surface area contributed by atoms with E-state index in [0.717, 1.165) is 20.8 Å². The van der Waals surface area contributed by atoms with Crippen LogP contribution in [0.5, 0.6) is 0 Å². The van der Waals surface area contributed by atoms with Gasteiger partial charge in [-0.05, 0) is 41.5 Å². The number of aliphatic carboxylic acids is 3. The number of nitrogens with zero attached hydrogens (tertiary/aromatic N) is 3. The minimum atomic E-state index is -2.42. The van der Waals surface area contributed by atoms with Crippen LogP contribution in [0.3, 0.4) is 0 Å². The van der Waals surface area contributed by atoms with Crippen LogP contribution in [-0.2, 0) is 31.0 Å². The molecule has 3 aromatic heterocycles. The number of aromatic nitrogens is 3. The summed E-state index contributed by atoms with van der Waals surface area (Å²) in [4.78, 5) is 88.4. The van der Waals surface area contributed by atoms with E-state index in [1.165, 1.54) is 20.8 Å². The Balaban J connectivity index is 1.99. The van der Waals surface area contributed by atoms with E-state index < -0.39 is 87.0 Å². The molecule has 0 radical (unpaired) electrons. The molecule has 1 aliphatic rings. The monoisotopic (exact) mass is 588 g/mol. The van der Waals surface area contributed by atoms with Gasteiger partial charge in [0.2, 0.25) is 34.3 Å². The molecule has 1 aliphatic heterocycles. The maximum atomic E-state index is 13.2. The Hall–Kier alpha value is -5.55.